The molecule has 1 fully saturated rings. The summed E-state index contributed by atoms with van der Waals surface area (Å²) in [6.45, 7) is 14.9. The zero-order valence-electron chi connectivity index (χ0n) is 9.98. The molecule has 0 bridgehead atoms. The van der Waals surface area contributed by atoms with Crippen molar-refractivity contribution in [3.05, 3.63) is 0 Å². The molecule has 1 aliphatic heterocycles. The number of hydrogen-bond donors (Lipinski definition) is 0. The third kappa shape index (κ3) is 3.68. The van der Waals surface area contributed by atoms with Gasteiger partial charge < -0.3 is 4.74 Å². The van der Waals surface area contributed by atoms with Crippen LogP contribution in [0.3, 0.4) is 0 Å². The molecule has 1 nitrogen and oxygen atoms in total. The van der Waals surface area contributed by atoms with Crippen LogP contribution < -0.4 is 0 Å². The Labute approximate surface area is 82.9 Å². The average molecular weight is 184 g/mol. The first kappa shape index (κ1) is 11.0. The molecule has 0 spiro atoms. The molecular weight excluding hydrogens is 160 g/mol. The highest BCUT2D eigenvalue weighted by atomic mass is 16.6. The summed E-state index contributed by atoms with van der Waals surface area (Å²) in [5.74, 6) is 0.715. The third-order valence-electron chi connectivity index (χ3n) is 2.75. The summed E-state index contributed by atoms with van der Waals surface area (Å²) in [4.78, 5) is 0. The lowest BCUT2D eigenvalue weighted by Gasteiger charge is -2.34. The maximum Gasteiger partial charge on any atom is 0.0843 e. The molecule has 1 saturated heterocycles. The van der Waals surface area contributed by atoms with Crippen LogP contribution in [0.2, 0.25) is 0 Å². The molecule has 0 aromatic rings. The molecule has 0 aromatic carbocycles. The van der Waals surface area contributed by atoms with E-state index in [0.717, 1.165) is 6.61 Å². The van der Waals surface area contributed by atoms with E-state index < -0.39 is 0 Å². The second-order valence-corrected chi connectivity index (χ2v) is 6.61. The fourth-order valence-corrected chi connectivity index (χ4v) is 1.94. The first-order chi connectivity index (χ1) is 5.70. The van der Waals surface area contributed by atoms with Gasteiger partial charge in [0.2, 0.25) is 0 Å². The molecule has 1 unspecified atom stereocenters. The Morgan fingerprint density at radius 1 is 1.15 bits per heavy atom. The number of hydrogen-bond acceptors (Lipinski definition) is 1. The van der Waals surface area contributed by atoms with Crippen molar-refractivity contribution in [3.8, 4) is 0 Å². The Balaban J connectivity index is 2.58. The summed E-state index contributed by atoms with van der Waals surface area (Å²) in [6, 6.07) is 0. The zero-order valence-corrected chi connectivity index (χ0v) is 9.98. The van der Waals surface area contributed by atoms with Gasteiger partial charge in [-0.25, -0.2) is 0 Å². The summed E-state index contributed by atoms with van der Waals surface area (Å²) in [6.07, 6.45) is 1.81. The van der Waals surface area contributed by atoms with Crippen LogP contribution in [-0.2, 0) is 4.74 Å². The van der Waals surface area contributed by atoms with Crippen LogP contribution in [0.5, 0.6) is 0 Å². The second-order valence-electron chi connectivity index (χ2n) is 6.61. The Morgan fingerprint density at radius 3 is 1.85 bits per heavy atom. The van der Waals surface area contributed by atoms with Crippen LogP contribution in [0.15, 0.2) is 0 Å². The third-order valence-corrected chi connectivity index (χ3v) is 2.75. The molecule has 0 N–H and O–H groups in total. The van der Waals surface area contributed by atoms with Crippen LogP contribution >= 0.6 is 0 Å². The van der Waals surface area contributed by atoms with E-state index in [1.165, 1.54) is 6.42 Å². The van der Waals surface area contributed by atoms with Gasteiger partial charge >= 0.3 is 0 Å². The van der Waals surface area contributed by atoms with Crippen molar-refractivity contribution < 1.29 is 4.74 Å². The average Bonchev–Trinajstić information content (AvgIpc) is 2.58. The largest absolute Gasteiger partial charge is 0.373 e. The van der Waals surface area contributed by atoms with Gasteiger partial charge in [0.05, 0.1) is 12.7 Å². The summed E-state index contributed by atoms with van der Waals surface area (Å²) < 4.78 is 5.44. The number of epoxide rings is 1. The van der Waals surface area contributed by atoms with E-state index in [4.69, 9.17) is 4.74 Å². The Bertz CT molecular complexity index is 167. The van der Waals surface area contributed by atoms with Crippen LogP contribution in [-0.4, -0.2) is 12.7 Å². The predicted octanol–water partition coefficient (Wildman–Crippen LogP) is 3.48. The minimum Gasteiger partial charge on any atom is -0.373 e. The van der Waals surface area contributed by atoms with E-state index in [2.05, 4.69) is 41.5 Å². The van der Waals surface area contributed by atoms with Crippen molar-refractivity contribution >= 4 is 0 Å². The van der Waals surface area contributed by atoms with Crippen LogP contribution in [0, 0.1) is 16.7 Å². The molecule has 13 heavy (non-hydrogen) atoms. The van der Waals surface area contributed by atoms with Gasteiger partial charge in [-0.1, -0.05) is 41.5 Å². The number of rotatable bonds is 2. The molecule has 1 heteroatoms. The fraction of sp³-hybridized carbons (Fsp3) is 1.00. The van der Waals surface area contributed by atoms with Gasteiger partial charge in [-0.3, -0.25) is 0 Å². The Morgan fingerprint density at radius 2 is 1.62 bits per heavy atom. The molecule has 0 aromatic heterocycles. The lowest BCUT2D eigenvalue weighted by atomic mass is 9.71. The highest BCUT2D eigenvalue weighted by Crippen LogP contribution is 2.42. The number of ether oxygens (including phenoxy) is 1. The van der Waals surface area contributed by atoms with Gasteiger partial charge in [0.25, 0.3) is 0 Å². The standard InChI is InChI=1S/C12H24O/c1-11(2,3)7-9(10-8-13-10)12(4,5)6/h9-10H,7-8H2,1-6H3/t9?,10-/m0/s1. The molecule has 78 valence electrons. The van der Waals surface area contributed by atoms with Crippen molar-refractivity contribution in [3.63, 3.8) is 0 Å². The van der Waals surface area contributed by atoms with Gasteiger partial charge in [0.15, 0.2) is 0 Å². The van der Waals surface area contributed by atoms with Crippen molar-refractivity contribution in [2.45, 2.75) is 54.1 Å². The summed E-state index contributed by atoms with van der Waals surface area (Å²) >= 11 is 0. The maximum atomic E-state index is 5.44. The lowest BCUT2D eigenvalue weighted by molar-refractivity contribution is 0.128. The molecule has 1 rings (SSSR count). The van der Waals surface area contributed by atoms with Gasteiger partial charge in [-0.2, -0.15) is 0 Å². The molecule has 0 saturated carbocycles. The molecule has 2 atom stereocenters. The van der Waals surface area contributed by atoms with Crippen LogP contribution in [0.4, 0.5) is 0 Å². The minimum atomic E-state index is 0.383. The lowest BCUT2D eigenvalue weighted by Crippen LogP contribution is -2.29. The molecule has 0 amide bonds. The van der Waals surface area contributed by atoms with Crippen molar-refractivity contribution in [1.29, 1.82) is 0 Å². The molecular formula is C12H24O. The fourth-order valence-electron chi connectivity index (χ4n) is 1.94. The van der Waals surface area contributed by atoms with Crippen molar-refractivity contribution in [2.75, 3.05) is 6.61 Å². The van der Waals surface area contributed by atoms with E-state index >= 15 is 0 Å². The van der Waals surface area contributed by atoms with Gasteiger partial charge in [0.1, 0.15) is 0 Å². The van der Waals surface area contributed by atoms with E-state index in [-0.39, 0.29) is 0 Å². The first-order valence-corrected chi connectivity index (χ1v) is 5.32. The minimum absolute atomic E-state index is 0.383. The highest BCUT2D eigenvalue weighted by Gasteiger charge is 2.41. The Hall–Kier alpha value is -0.0400. The van der Waals surface area contributed by atoms with E-state index in [1.54, 1.807) is 0 Å². The first-order valence-electron chi connectivity index (χ1n) is 5.32. The summed E-state index contributed by atoms with van der Waals surface area (Å²) in [5, 5.41) is 0. The zero-order chi connectivity index (χ0) is 10.3. The maximum absolute atomic E-state index is 5.44. The molecule has 1 heterocycles. The predicted molar refractivity (Wildman–Crippen MR) is 56.8 cm³/mol. The van der Waals surface area contributed by atoms with E-state index in [9.17, 15) is 0 Å². The summed E-state index contributed by atoms with van der Waals surface area (Å²) in [7, 11) is 0. The molecule has 1 aliphatic rings. The summed E-state index contributed by atoms with van der Waals surface area (Å²) in [5.41, 5.74) is 0.804. The topological polar surface area (TPSA) is 12.5 Å². The SMILES string of the molecule is CC(C)(C)CC([C@@H]1CO1)C(C)(C)C. The monoisotopic (exact) mass is 184 g/mol. The highest BCUT2D eigenvalue weighted by molar-refractivity contribution is 4.89. The van der Waals surface area contributed by atoms with Gasteiger partial charge in [0, 0.05) is 0 Å². The van der Waals surface area contributed by atoms with Gasteiger partial charge in [-0.05, 0) is 23.2 Å². The van der Waals surface area contributed by atoms with E-state index in [1.807, 2.05) is 0 Å². The Kier molecular flexibility index (Phi) is 2.78. The van der Waals surface area contributed by atoms with Crippen molar-refractivity contribution in [2.24, 2.45) is 16.7 Å². The van der Waals surface area contributed by atoms with Crippen LogP contribution in [0.25, 0.3) is 0 Å². The quantitative estimate of drug-likeness (QED) is 0.598. The second kappa shape index (κ2) is 3.27. The molecule has 0 aliphatic carbocycles. The normalized spacial score (nSPS) is 25.8. The smallest absolute Gasteiger partial charge is 0.0843 e. The van der Waals surface area contributed by atoms with Crippen molar-refractivity contribution in [1.82, 2.24) is 0 Å². The van der Waals surface area contributed by atoms with Gasteiger partial charge in [-0.15, -0.1) is 0 Å². The van der Waals surface area contributed by atoms with E-state index in [0.29, 0.717) is 22.9 Å². The van der Waals surface area contributed by atoms with Crippen LogP contribution in [0.1, 0.15) is 48.0 Å². The molecule has 0 radical (unpaired) electrons.